The molecule has 0 atom stereocenters. The third-order valence-electron chi connectivity index (χ3n) is 19.0. The van der Waals surface area contributed by atoms with Crippen molar-refractivity contribution in [2.24, 2.45) is 0 Å². The Balaban J connectivity index is 1.11. The van der Waals surface area contributed by atoms with Gasteiger partial charge in [-0.3, -0.25) is 15.0 Å². The highest BCUT2D eigenvalue weighted by molar-refractivity contribution is 9.11. The van der Waals surface area contributed by atoms with Crippen LogP contribution in [-0.2, 0) is 32.5 Å². The first-order chi connectivity index (χ1) is 39.7. The zero-order valence-electron chi connectivity index (χ0n) is 50.4. The predicted octanol–water partition coefficient (Wildman–Crippen LogP) is 23.0. The maximum Gasteiger partial charge on any atom is 0.0702 e. The van der Waals surface area contributed by atoms with Crippen molar-refractivity contribution in [3.05, 3.63) is 229 Å². The van der Waals surface area contributed by atoms with E-state index in [1.165, 1.54) is 83.5 Å². The highest BCUT2D eigenvalue weighted by Gasteiger charge is 2.45. The van der Waals surface area contributed by atoms with E-state index in [4.69, 9.17) is 15.0 Å². The molecule has 3 aliphatic rings. The molecule has 0 saturated heterocycles. The van der Waals surface area contributed by atoms with Gasteiger partial charge < -0.3 is 0 Å². The summed E-state index contributed by atoms with van der Waals surface area (Å²) in [4.78, 5) is 15.7. The highest BCUT2D eigenvalue weighted by atomic mass is 79.9. The molecule has 0 spiro atoms. The third-order valence-corrected chi connectivity index (χ3v) is 20.4. The van der Waals surface area contributed by atoms with Crippen molar-refractivity contribution in [2.75, 3.05) is 0 Å². The van der Waals surface area contributed by atoms with Gasteiger partial charge >= 0.3 is 0 Å². The first-order valence-corrected chi connectivity index (χ1v) is 32.0. The van der Waals surface area contributed by atoms with E-state index in [0.717, 1.165) is 83.1 Å². The minimum absolute atomic E-state index is 0.0240. The Morgan fingerprint density at radius 3 is 0.679 bits per heavy atom. The smallest absolute Gasteiger partial charge is 0.0702 e. The lowest BCUT2D eigenvalue weighted by atomic mass is 9.79. The van der Waals surface area contributed by atoms with Crippen LogP contribution in [0.15, 0.2) is 196 Å². The molecule has 13 rings (SSSR count). The summed E-state index contributed by atoms with van der Waals surface area (Å²) in [6, 6.07) is 61.4. The van der Waals surface area contributed by atoms with E-state index in [1.807, 2.05) is 0 Å². The molecule has 0 N–H and O–H groups in total. The summed E-state index contributed by atoms with van der Waals surface area (Å²) >= 11 is 11.1. The molecule has 0 bridgehead atoms. The minimum atomic E-state index is -0.0452. The fourth-order valence-corrected chi connectivity index (χ4v) is 16.9. The Morgan fingerprint density at radius 2 is 0.476 bits per heavy atom. The Kier molecular flexibility index (Phi) is 13.7. The van der Waals surface area contributed by atoms with Gasteiger partial charge in [0.2, 0.25) is 0 Å². The van der Waals surface area contributed by atoms with Crippen molar-refractivity contribution >= 4 is 47.8 Å². The van der Waals surface area contributed by atoms with Gasteiger partial charge in [0, 0.05) is 65.4 Å². The van der Waals surface area contributed by atoms with Gasteiger partial charge in [0.15, 0.2) is 0 Å². The van der Waals surface area contributed by atoms with Crippen LogP contribution in [0.4, 0.5) is 0 Å². The van der Waals surface area contributed by atoms with Crippen LogP contribution in [0, 0.1) is 0 Å². The Morgan fingerprint density at radius 1 is 0.250 bits per heavy atom. The van der Waals surface area contributed by atoms with Crippen molar-refractivity contribution in [1.82, 2.24) is 15.0 Å². The van der Waals surface area contributed by atoms with Crippen LogP contribution in [0.1, 0.15) is 136 Å². The van der Waals surface area contributed by atoms with Crippen molar-refractivity contribution in [3.8, 4) is 101 Å². The van der Waals surface area contributed by atoms with Gasteiger partial charge in [-0.1, -0.05) is 185 Å². The van der Waals surface area contributed by atoms with Crippen LogP contribution < -0.4 is 0 Å². The SMILES string of the molecule is CC1(C)CC(C)(C)c2cc(-c3cc(-c4cc5c(cc4-c4ccc(-c6cccc(Br)c6)nc4)C(C)(C)CC5(C)C)cc(-c4cc5c(cc4-c4ccc(-c6cccc(Br)c6)nc4)C(C)(C)CC5(C)C)c3)c(-c3ccc(-c4cccc(Br)c4)nc3)cc21. The number of halogens is 3. The second-order valence-corrected chi connectivity index (χ2v) is 31.0. The van der Waals surface area contributed by atoms with E-state index < -0.39 is 0 Å². The summed E-state index contributed by atoms with van der Waals surface area (Å²) in [6.07, 6.45) is 9.46. The van der Waals surface area contributed by atoms with Gasteiger partial charge in [0.05, 0.1) is 17.1 Å². The van der Waals surface area contributed by atoms with Gasteiger partial charge in [-0.15, -0.1) is 0 Å². The average molecular weight is 1290 g/mol. The van der Waals surface area contributed by atoms with Crippen LogP contribution in [0.3, 0.4) is 0 Å². The summed E-state index contributed by atoms with van der Waals surface area (Å²) in [5.41, 5.74) is 28.3. The average Bonchev–Trinajstić information content (AvgIpc) is 1.66. The molecular formula is C78H72Br3N3. The second-order valence-electron chi connectivity index (χ2n) is 28.3. The van der Waals surface area contributed by atoms with E-state index >= 15 is 0 Å². The fourth-order valence-electron chi connectivity index (χ4n) is 15.7. The summed E-state index contributed by atoms with van der Waals surface area (Å²) in [6.45, 7) is 29.2. The predicted molar refractivity (Wildman–Crippen MR) is 364 cm³/mol. The number of rotatable bonds is 9. The van der Waals surface area contributed by atoms with Gasteiger partial charge in [0.1, 0.15) is 0 Å². The number of hydrogen-bond donors (Lipinski definition) is 0. The summed E-state index contributed by atoms with van der Waals surface area (Å²) in [7, 11) is 0. The lowest BCUT2D eigenvalue weighted by molar-refractivity contribution is 0.403. The number of aromatic nitrogens is 3. The molecule has 0 amide bonds. The zero-order chi connectivity index (χ0) is 59.0. The molecule has 3 nitrogen and oxygen atoms in total. The first-order valence-electron chi connectivity index (χ1n) is 29.6. The monoisotopic (exact) mass is 1290 g/mol. The maximum absolute atomic E-state index is 5.22. The quantitative estimate of drug-likeness (QED) is 0.145. The number of fused-ring (bicyclic) bond motifs is 3. The Labute approximate surface area is 523 Å². The Bertz CT molecular complexity index is 3840. The van der Waals surface area contributed by atoms with E-state index in [9.17, 15) is 0 Å². The molecule has 3 heterocycles. The molecule has 84 heavy (non-hydrogen) atoms. The molecule has 0 fully saturated rings. The van der Waals surface area contributed by atoms with Crippen LogP contribution >= 0.6 is 47.8 Å². The minimum Gasteiger partial charge on any atom is -0.256 e. The summed E-state index contributed by atoms with van der Waals surface area (Å²) < 4.78 is 3.10. The number of benzene rings is 7. The Hall–Kier alpha value is -6.57. The molecule has 3 aliphatic carbocycles. The molecule has 420 valence electrons. The molecule has 0 saturated carbocycles. The fraction of sp³-hybridized carbons (Fsp3) is 0.269. The third kappa shape index (κ3) is 10.1. The second kappa shape index (κ2) is 20.3. The van der Waals surface area contributed by atoms with Crippen molar-refractivity contribution in [2.45, 2.75) is 135 Å². The van der Waals surface area contributed by atoms with Gasteiger partial charge in [-0.2, -0.15) is 0 Å². The van der Waals surface area contributed by atoms with E-state index in [1.54, 1.807) is 0 Å². The standard InChI is InChI=1S/C78H72Br3N3/c1-73(2)43-76(7,8)67-37-61(58(34-64(67)73)49-22-25-70(82-40-49)46-16-13-19-55(79)31-46)52-28-53(62-38-68-65(74(3,4)44-77(68,9)10)35-59(62)50-23-26-71(83-41-50)47-17-14-20-56(80)32-47)30-54(29-52)63-39-69-66(75(5,6)45-78(69,11)12)36-60(63)51-24-27-72(84-42-51)48-18-15-21-57(81)33-48/h13-42H,43-45H2,1-12H3. The van der Waals surface area contributed by atoms with Crippen LogP contribution in [0.2, 0.25) is 0 Å². The number of nitrogens with zero attached hydrogens (tertiary/aromatic N) is 3. The summed E-state index contributed by atoms with van der Waals surface area (Å²) in [5, 5.41) is 0. The molecule has 7 aromatic carbocycles. The normalized spacial score (nSPS) is 17.2. The number of hydrogen-bond acceptors (Lipinski definition) is 3. The first kappa shape index (κ1) is 56.6. The largest absolute Gasteiger partial charge is 0.256 e. The topological polar surface area (TPSA) is 38.7 Å². The van der Waals surface area contributed by atoms with Crippen molar-refractivity contribution in [3.63, 3.8) is 0 Å². The number of pyridine rings is 3. The molecule has 0 aliphatic heterocycles. The molecular weight excluding hydrogens is 1220 g/mol. The summed E-state index contributed by atoms with van der Waals surface area (Å²) in [5.74, 6) is 0. The van der Waals surface area contributed by atoms with Gasteiger partial charge in [0.25, 0.3) is 0 Å². The molecule has 0 unspecified atom stereocenters. The zero-order valence-corrected chi connectivity index (χ0v) is 55.2. The van der Waals surface area contributed by atoms with Crippen LogP contribution in [-0.4, -0.2) is 15.0 Å². The van der Waals surface area contributed by atoms with E-state index in [0.29, 0.717) is 0 Å². The lowest BCUT2D eigenvalue weighted by Crippen LogP contribution is -2.18. The van der Waals surface area contributed by atoms with Crippen LogP contribution in [0.5, 0.6) is 0 Å². The molecule has 3 aromatic heterocycles. The van der Waals surface area contributed by atoms with E-state index in [-0.39, 0.29) is 32.5 Å². The van der Waals surface area contributed by atoms with Gasteiger partial charge in [-0.25, -0.2) is 0 Å². The maximum atomic E-state index is 5.22. The lowest BCUT2D eigenvalue weighted by Gasteiger charge is -2.25. The van der Waals surface area contributed by atoms with E-state index in [2.05, 4.69) is 313 Å². The molecule has 6 heteroatoms. The van der Waals surface area contributed by atoms with Crippen LogP contribution in [0.25, 0.3) is 101 Å². The van der Waals surface area contributed by atoms with Crippen molar-refractivity contribution < 1.29 is 0 Å². The molecule has 0 radical (unpaired) electrons. The molecule has 10 aromatic rings. The van der Waals surface area contributed by atoms with Crippen molar-refractivity contribution in [1.29, 1.82) is 0 Å². The van der Waals surface area contributed by atoms with Gasteiger partial charge in [-0.05, 0) is 244 Å². The highest BCUT2D eigenvalue weighted by Crippen LogP contribution is 2.57.